The van der Waals surface area contributed by atoms with E-state index in [1.807, 2.05) is 0 Å². The molecule has 1 aliphatic rings. The third-order valence-electron chi connectivity index (χ3n) is 1.38. The summed E-state index contributed by atoms with van der Waals surface area (Å²) in [6.07, 6.45) is 0.928. The van der Waals surface area contributed by atoms with E-state index in [1.54, 1.807) is 0 Å². The second-order valence-electron chi connectivity index (χ2n) is 2.10. The molecule has 55 valence electrons. The lowest BCUT2D eigenvalue weighted by Gasteiger charge is -2.19. The molecule has 1 atom stereocenters. The van der Waals surface area contributed by atoms with E-state index < -0.39 is 0 Å². The zero-order valence-electron chi connectivity index (χ0n) is 5.75. The van der Waals surface area contributed by atoms with Gasteiger partial charge in [-0.3, -0.25) is 4.79 Å². The summed E-state index contributed by atoms with van der Waals surface area (Å²) in [4.78, 5) is 10.9. The number of hydrogen-bond donors (Lipinski definition) is 0. The van der Waals surface area contributed by atoms with Gasteiger partial charge in [-0.05, 0) is 6.08 Å². The molecule has 1 unspecified atom stereocenters. The smallest absolute Gasteiger partial charge is 0.185 e. The van der Waals surface area contributed by atoms with E-state index >= 15 is 0 Å². The predicted octanol–water partition coefficient (Wildman–Crippen LogP) is -0.255. The average Bonchev–Trinajstić information content (AvgIpc) is 2.05. The molecule has 1 saturated heterocycles. The molecule has 1 fully saturated rings. The van der Waals surface area contributed by atoms with Crippen molar-refractivity contribution in [2.75, 3.05) is 19.7 Å². The first-order chi connectivity index (χ1) is 4.84. The molecule has 0 aromatic carbocycles. The molecule has 0 N–H and O–H groups in total. The summed E-state index contributed by atoms with van der Waals surface area (Å²) in [7, 11) is 0. The number of rotatable bonds is 2. The van der Waals surface area contributed by atoms with Gasteiger partial charge in [0.25, 0.3) is 0 Å². The maximum Gasteiger partial charge on any atom is 0.185 e. The quantitative estimate of drug-likeness (QED) is 0.496. The van der Waals surface area contributed by atoms with Crippen molar-refractivity contribution in [1.29, 1.82) is 0 Å². The average molecular weight is 140 g/mol. The van der Waals surface area contributed by atoms with Crippen LogP contribution in [0.2, 0.25) is 0 Å². The van der Waals surface area contributed by atoms with E-state index in [4.69, 9.17) is 4.74 Å². The molecular formula is C7H10NO2. The second kappa shape index (κ2) is 3.49. The van der Waals surface area contributed by atoms with Gasteiger partial charge >= 0.3 is 0 Å². The highest BCUT2D eigenvalue weighted by atomic mass is 16.5. The van der Waals surface area contributed by atoms with Crippen molar-refractivity contribution in [2.45, 2.75) is 6.10 Å². The normalized spacial score (nSPS) is 25.8. The van der Waals surface area contributed by atoms with Crippen LogP contribution in [-0.4, -0.2) is 31.6 Å². The van der Waals surface area contributed by atoms with Crippen LogP contribution in [0.15, 0.2) is 12.7 Å². The Morgan fingerprint density at radius 2 is 2.60 bits per heavy atom. The number of nitrogens with zero attached hydrogens (tertiary/aromatic N) is 1. The van der Waals surface area contributed by atoms with Gasteiger partial charge in [0.15, 0.2) is 5.78 Å². The molecule has 0 amide bonds. The van der Waals surface area contributed by atoms with Crippen LogP contribution in [0.1, 0.15) is 0 Å². The van der Waals surface area contributed by atoms with Crippen LogP contribution in [0.5, 0.6) is 0 Å². The van der Waals surface area contributed by atoms with Gasteiger partial charge in [-0.1, -0.05) is 6.58 Å². The van der Waals surface area contributed by atoms with E-state index in [1.165, 1.54) is 6.08 Å². The zero-order valence-corrected chi connectivity index (χ0v) is 5.75. The standard InChI is InChI=1S/C7H10NO2/c1-2-6(9)7-5-8-3-4-10-7/h2,7H,1,3-5H2. The minimum Gasteiger partial charge on any atom is -0.367 e. The summed E-state index contributed by atoms with van der Waals surface area (Å²) in [5, 5.41) is 4.03. The van der Waals surface area contributed by atoms with Crippen molar-refractivity contribution in [3.63, 3.8) is 0 Å². The molecule has 1 heterocycles. The molecule has 0 bridgehead atoms. The molecule has 0 aromatic heterocycles. The molecule has 3 heteroatoms. The van der Waals surface area contributed by atoms with Gasteiger partial charge in [0.2, 0.25) is 0 Å². The molecule has 1 rings (SSSR count). The molecule has 0 saturated carbocycles. The highest BCUT2D eigenvalue weighted by molar-refractivity contribution is 5.93. The fourth-order valence-electron chi connectivity index (χ4n) is 0.824. The van der Waals surface area contributed by atoms with Gasteiger partial charge in [-0.15, -0.1) is 0 Å². The Morgan fingerprint density at radius 1 is 1.80 bits per heavy atom. The van der Waals surface area contributed by atoms with Crippen LogP contribution in [0.25, 0.3) is 0 Å². The van der Waals surface area contributed by atoms with Crippen molar-refractivity contribution >= 4 is 5.78 Å². The lowest BCUT2D eigenvalue weighted by molar-refractivity contribution is -0.127. The first-order valence-corrected chi connectivity index (χ1v) is 3.25. The van der Waals surface area contributed by atoms with E-state index in [2.05, 4.69) is 11.9 Å². The largest absolute Gasteiger partial charge is 0.367 e. The number of carbonyl (C=O) groups is 1. The number of ether oxygens (including phenoxy) is 1. The Labute approximate surface area is 60.1 Å². The fraction of sp³-hybridized carbons (Fsp3) is 0.571. The van der Waals surface area contributed by atoms with Crippen LogP contribution in [0.4, 0.5) is 0 Å². The first kappa shape index (κ1) is 7.44. The number of ketones is 1. The second-order valence-corrected chi connectivity index (χ2v) is 2.10. The monoisotopic (exact) mass is 140 g/mol. The summed E-state index contributed by atoms with van der Waals surface area (Å²) in [5.74, 6) is -0.0662. The van der Waals surface area contributed by atoms with Gasteiger partial charge in [-0.25, -0.2) is 5.32 Å². The Balaban J connectivity index is 2.38. The summed E-state index contributed by atoms with van der Waals surface area (Å²) < 4.78 is 5.12. The molecule has 0 spiro atoms. The summed E-state index contributed by atoms with van der Waals surface area (Å²) in [6.45, 7) is 5.12. The summed E-state index contributed by atoms with van der Waals surface area (Å²) >= 11 is 0. The maximum absolute atomic E-state index is 10.9. The minimum atomic E-state index is -0.355. The van der Waals surface area contributed by atoms with E-state index in [0.717, 1.165) is 0 Å². The third kappa shape index (κ3) is 1.65. The van der Waals surface area contributed by atoms with Crippen LogP contribution < -0.4 is 5.32 Å². The van der Waals surface area contributed by atoms with Crippen LogP contribution in [0, 0.1) is 0 Å². The molecular weight excluding hydrogens is 130 g/mol. The fourth-order valence-corrected chi connectivity index (χ4v) is 0.824. The number of morpholine rings is 1. The van der Waals surface area contributed by atoms with Crippen LogP contribution >= 0.6 is 0 Å². The molecule has 10 heavy (non-hydrogen) atoms. The third-order valence-corrected chi connectivity index (χ3v) is 1.38. The molecule has 0 aliphatic carbocycles. The molecule has 3 nitrogen and oxygen atoms in total. The van der Waals surface area contributed by atoms with E-state index in [-0.39, 0.29) is 11.9 Å². The molecule has 0 aromatic rings. The highest BCUT2D eigenvalue weighted by Gasteiger charge is 2.19. The minimum absolute atomic E-state index is 0.0662. The molecule has 1 radical (unpaired) electrons. The Hall–Kier alpha value is -0.670. The van der Waals surface area contributed by atoms with Gasteiger partial charge in [-0.2, -0.15) is 0 Å². The van der Waals surface area contributed by atoms with Crippen molar-refractivity contribution in [3.05, 3.63) is 12.7 Å². The van der Waals surface area contributed by atoms with Gasteiger partial charge < -0.3 is 4.74 Å². The highest BCUT2D eigenvalue weighted by Crippen LogP contribution is 1.98. The SMILES string of the molecule is C=CC(=O)C1C[N]CCO1. The topological polar surface area (TPSA) is 40.4 Å². The van der Waals surface area contributed by atoms with E-state index in [0.29, 0.717) is 19.7 Å². The van der Waals surface area contributed by atoms with Crippen LogP contribution in [-0.2, 0) is 9.53 Å². The van der Waals surface area contributed by atoms with Gasteiger partial charge in [0, 0.05) is 13.1 Å². The van der Waals surface area contributed by atoms with Crippen molar-refractivity contribution in [2.24, 2.45) is 0 Å². The van der Waals surface area contributed by atoms with Gasteiger partial charge in [0.05, 0.1) is 6.61 Å². The zero-order chi connectivity index (χ0) is 7.40. The van der Waals surface area contributed by atoms with Crippen molar-refractivity contribution in [3.8, 4) is 0 Å². The van der Waals surface area contributed by atoms with E-state index in [9.17, 15) is 4.79 Å². The van der Waals surface area contributed by atoms with Crippen LogP contribution in [0.3, 0.4) is 0 Å². The number of hydrogen-bond acceptors (Lipinski definition) is 2. The van der Waals surface area contributed by atoms with Crippen molar-refractivity contribution in [1.82, 2.24) is 5.32 Å². The Morgan fingerprint density at radius 3 is 3.10 bits per heavy atom. The van der Waals surface area contributed by atoms with Gasteiger partial charge in [0.1, 0.15) is 6.10 Å². The predicted molar refractivity (Wildman–Crippen MR) is 36.8 cm³/mol. The Kier molecular flexibility index (Phi) is 2.59. The maximum atomic E-state index is 10.9. The number of carbonyl (C=O) groups excluding carboxylic acids is 1. The lowest BCUT2D eigenvalue weighted by Crippen LogP contribution is -2.38. The van der Waals surface area contributed by atoms with Crippen molar-refractivity contribution < 1.29 is 9.53 Å². The summed E-state index contributed by atoms with van der Waals surface area (Å²) in [6, 6.07) is 0. The Bertz CT molecular complexity index is 139. The molecule has 1 aliphatic heterocycles. The summed E-state index contributed by atoms with van der Waals surface area (Å²) in [5.41, 5.74) is 0. The first-order valence-electron chi connectivity index (χ1n) is 3.25. The lowest BCUT2D eigenvalue weighted by atomic mass is 10.2.